The van der Waals surface area contributed by atoms with Crippen LogP contribution in [0.5, 0.6) is 0 Å². The van der Waals surface area contributed by atoms with Crippen LogP contribution in [-0.2, 0) is 19.3 Å². The monoisotopic (exact) mass is 353 g/mol. The molecule has 1 aromatic carbocycles. The van der Waals surface area contributed by atoms with Gasteiger partial charge in [-0.15, -0.1) is 10.2 Å². The minimum absolute atomic E-state index is 0.00738. The number of nitrogens with zero attached hydrogens (tertiary/aromatic N) is 5. The van der Waals surface area contributed by atoms with Crippen molar-refractivity contribution in [3.05, 3.63) is 35.4 Å². The van der Waals surface area contributed by atoms with Crippen molar-refractivity contribution in [1.82, 2.24) is 19.7 Å². The van der Waals surface area contributed by atoms with Crippen molar-refractivity contribution in [3.63, 3.8) is 0 Å². The van der Waals surface area contributed by atoms with Gasteiger partial charge in [0.1, 0.15) is 5.52 Å². The highest BCUT2D eigenvalue weighted by atomic mass is 19.4. The van der Waals surface area contributed by atoms with Gasteiger partial charge in [-0.3, -0.25) is 0 Å². The fourth-order valence-electron chi connectivity index (χ4n) is 2.78. The number of carboxylic acids is 1. The van der Waals surface area contributed by atoms with Crippen LogP contribution in [0.2, 0.25) is 0 Å². The van der Waals surface area contributed by atoms with E-state index < -0.39 is 18.0 Å². The van der Waals surface area contributed by atoms with Gasteiger partial charge in [-0.05, 0) is 12.1 Å². The predicted molar refractivity (Wildman–Crippen MR) is 77.0 cm³/mol. The Morgan fingerprint density at radius 3 is 2.76 bits per heavy atom. The lowest BCUT2D eigenvalue weighted by atomic mass is 10.2. The van der Waals surface area contributed by atoms with Crippen molar-refractivity contribution in [2.45, 2.75) is 19.3 Å². The number of carbonyl (C=O) groups is 1. The molecular weight excluding hydrogens is 343 g/mol. The highest BCUT2D eigenvalue weighted by molar-refractivity contribution is 6.00. The smallest absolute Gasteiger partial charge is 0.451 e. The van der Waals surface area contributed by atoms with Crippen LogP contribution in [0.4, 0.5) is 19.2 Å². The molecule has 2 aromatic heterocycles. The van der Waals surface area contributed by atoms with Gasteiger partial charge in [0.2, 0.25) is 5.82 Å². The van der Waals surface area contributed by atoms with Crippen LogP contribution < -0.4 is 4.90 Å². The molecule has 0 radical (unpaired) electrons. The number of alkyl halides is 3. The van der Waals surface area contributed by atoms with Gasteiger partial charge in [0.15, 0.2) is 11.4 Å². The van der Waals surface area contributed by atoms with Gasteiger partial charge in [0.25, 0.3) is 6.01 Å². The SMILES string of the molecule is O=C(O)c1cccc2oc(N3CCn4c(nnc4C(F)(F)F)C3)nc12. The van der Waals surface area contributed by atoms with Gasteiger partial charge in [-0.1, -0.05) is 6.07 Å². The van der Waals surface area contributed by atoms with E-state index in [1.165, 1.54) is 12.1 Å². The third-order valence-electron chi connectivity index (χ3n) is 3.92. The minimum Gasteiger partial charge on any atom is -0.478 e. The lowest BCUT2D eigenvalue weighted by molar-refractivity contribution is -0.147. The highest BCUT2D eigenvalue weighted by Crippen LogP contribution is 2.31. The zero-order valence-corrected chi connectivity index (χ0v) is 12.5. The second-order valence-corrected chi connectivity index (χ2v) is 5.46. The van der Waals surface area contributed by atoms with Crippen LogP contribution >= 0.6 is 0 Å². The number of para-hydroxylation sites is 1. The first-order valence-electron chi connectivity index (χ1n) is 7.21. The fraction of sp³-hybridized carbons (Fsp3) is 0.286. The summed E-state index contributed by atoms with van der Waals surface area (Å²) in [5, 5.41) is 16.0. The van der Waals surface area contributed by atoms with Crippen LogP contribution in [0.3, 0.4) is 0 Å². The fourth-order valence-corrected chi connectivity index (χ4v) is 2.78. The first-order valence-corrected chi connectivity index (χ1v) is 7.21. The quantitative estimate of drug-likeness (QED) is 0.754. The van der Waals surface area contributed by atoms with Gasteiger partial charge < -0.3 is 19.0 Å². The molecular formula is C14H10F3N5O3. The summed E-state index contributed by atoms with van der Waals surface area (Å²) in [6.45, 7) is 0.239. The highest BCUT2D eigenvalue weighted by Gasteiger charge is 2.39. The summed E-state index contributed by atoms with van der Waals surface area (Å²) >= 11 is 0. The van der Waals surface area contributed by atoms with Gasteiger partial charge in [0.05, 0.1) is 12.1 Å². The van der Waals surface area contributed by atoms with Gasteiger partial charge in [0, 0.05) is 13.1 Å². The Balaban J connectivity index is 1.68. The van der Waals surface area contributed by atoms with E-state index in [0.29, 0.717) is 0 Å². The summed E-state index contributed by atoms with van der Waals surface area (Å²) in [5.41, 5.74) is 0.470. The maximum absolute atomic E-state index is 12.9. The second-order valence-electron chi connectivity index (χ2n) is 5.46. The van der Waals surface area contributed by atoms with Gasteiger partial charge in [-0.2, -0.15) is 18.2 Å². The maximum atomic E-state index is 12.9. The average Bonchev–Trinajstić information content (AvgIpc) is 3.16. The molecule has 25 heavy (non-hydrogen) atoms. The van der Waals surface area contributed by atoms with Crippen LogP contribution in [0.1, 0.15) is 22.0 Å². The Kier molecular flexibility index (Phi) is 3.20. The Morgan fingerprint density at radius 1 is 1.24 bits per heavy atom. The summed E-state index contributed by atoms with van der Waals surface area (Å²) in [6.07, 6.45) is -4.57. The Bertz CT molecular complexity index is 978. The van der Waals surface area contributed by atoms with Crippen LogP contribution in [0.25, 0.3) is 11.1 Å². The van der Waals surface area contributed by atoms with Crippen LogP contribution in [0.15, 0.2) is 22.6 Å². The lowest BCUT2D eigenvalue weighted by Gasteiger charge is -2.26. The molecule has 0 amide bonds. The molecule has 0 spiro atoms. The Labute approximate surface area is 137 Å². The normalized spacial score (nSPS) is 14.8. The molecule has 130 valence electrons. The van der Waals surface area contributed by atoms with Crippen LogP contribution in [0, 0.1) is 0 Å². The first-order chi connectivity index (χ1) is 11.8. The van der Waals surface area contributed by atoms with E-state index in [0.717, 1.165) is 4.57 Å². The number of aromatic nitrogens is 4. The van der Waals surface area contributed by atoms with Gasteiger partial charge >= 0.3 is 12.1 Å². The molecule has 11 heteroatoms. The molecule has 0 atom stereocenters. The Morgan fingerprint density at radius 2 is 2.04 bits per heavy atom. The van der Waals surface area contributed by atoms with Crippen molar-refractivity contribution < 1.29 is 27.5 Å². The summed E-state index contributed by atoms with van der Waals surface area (Å²) in [4.78, 5) is 17.0. The molecule has 0 saturated heterocycles. The number of hydrogen-bond acceptors (Lipinski definition) is 6. The standard InChI is InChI=1S/C14H10F3N5O3/c15-14(16,17)12-20-19-9-6-21(4-5-22(9)12)13-18-10-7(11(23)24)2-1-3-8(10)25-13/h1-3H,4-6H2,(H,23,24). The summed E-state index contributed by atoms with van der Waals surface area (Å²) in [7, 11) is 0. The number of oxazole rings is 1. The van der Waals surface area contributed by atoms with Gasteiger partial charge in [-0.25, -0.2) is 4.79 Å². The number of aromatic carboxylic acids is 1. The molecule has 0 bridgehead atoms. The third-order valence-corrected chi connectivity index (χ3v) is 3.92. The van der Waals surface area contributed by atoms with E-state index in [1.54, 1.807) is 11.0 Å². The minimum atomic E-state index is -4.57. The first kappa shape index (κ1) is 15.4. The average molecular weight is 353 g/mol. The van der Waals surface area contributed by atoms with E-state index in [4.69, 9.17) is 4.42 Å². The number of anilines is 1. The molecule has 1 aliphatic heterocycles. The molecule has 0 aliphatic carbocycles. The zero-order valence-electron chi connectivity index (χ0n) is 12.5. The molecule has 1 N–H and O–H groups in total. The number of fused-ring (bicyclic) bond motifs is 2. The Hall–Kier alpha value is -3.11. The molecule has 8 nitrogen and oxygen atoms in total. The zero-order chi connectivity index (χ0) is 17.8. The van der Waals surface area contributed by atoms with Crippen molar-refractivity contribution in [3.8, 4) is 0 Å². The lowest BCUT2D eigenvalue weighted by Crippen LogP contribution is -2.35. The molecule has 3 heterocycles. The molecule has 0 fully saturated rings. The summed E-state index contributed by atoms with van der Waals surface area (Å²) in [5.74, 6) is -2.04. The maximum Gasteiger partial charge on any atom is 0.451 e. The van der Waals surface area contributed by atoms with Crippen molar-refractivity contribution in [2.75, 3.05) is 11.4 Å². The third kappa shape index (κ3) is 2.47. The molecule has 0 saturated carbocycles. The molecule has 1 aliphatic rings. The summed E-state index contributed by atoms with van der Waals surface area (Å²) < 4.78 is 45.2. The van der Waals surface area contributed by atoms with E-state index in [9.17, 15) is 23.1 Å². The van der Waals surface area contributed by atoms with Crippen molar-refractivity contribution >= 4 is 23.1 Å². The van der Waals surface area contributed by atoms with Crippen molar-refractivity contribution in [2.24, 2.45) is 0 Å². The number of carboxylic acid groups (broad SMARTS) is 1. The predicted octanol–water partition coefficient (Wildman–Crippen LogP) is 2.16. The van der Waals surface area contributed by atoms with Crippen LogP contribution in [-0.4, -0.2) is 37.4 Å². The number of benzene rings is 1. The van der Waals surface area contributed by atoms with E-state index in [2.05, 4.69) is 15.2 Å². The topological polar surface area (TPSA) is 97.3 Å². The number of halogens is 3. The molecule has 0 unspecified atom stereocenters. The number of rotatable bonds is 2. The largest absolute Gasteiger partial charge is 0.478 e. The van der Waals surface area contributed by atoms with E-state index >= 15 is 0 Å². The summed E-state index contributed by atoms with van der Waals surface area (Å²) in [6, 6.07) is 4.64. The second kappa shape index (κ2) is 5.19. The molecule has 4 rings (SSSR count). The number of hydrogen-bond donors (Lipinski definition) is 1. The molecule has 3 aromatic rings. The van der Waals surface area contributed by atoms with Crippen molar-refractivity contribution in [1.29, 1.82) is 0 Å². The van der Waals surface area contributed by atoms with E-state index in [-0.39, 0.29) is 48.1 Å². The van der Waals surface area contributed by atoms with E-state index in [1.807, 2.05) is 0 Å².